The Morgan fingerprint density at radius 3 is 2.38 bits per heavy atom. The zero-order chi connectivity index (χ0) is 15.8. The van der Waals surface area contributed by atoms with E-state index >= 15 is 0 Å². The fraction of sp³-hybridized carbons (Fsp3) is 0.684. The van der Waals surface area contributed by atoms with Crippen LogP contribution in [-0.4, -0.2) is 24.7 Å². The quantitative estimate of drug-likeness (QED) is 0.877. The van der Waals surface area contributed by atoms with E-state index in [4.69, 9.17) is 0 Å². The van der Waals surface area contributed by atoms with Crippen molar-refractivity contribution in [2.24, 2.45) is 5.92 Å². The Kier molecular flexibility index (Phi) is 4.39. The monoisotopic (exact) mass is 288 g/mol. The average Bonchev–Trinajstić information content (AvgIpc) is 2.36. The van der Waals surface area contributed by atoms with Gasteiger partial charge in [0.25, 0.3) is 0 Å². The van der Waals surface area contributed by atoms with Gasteiger partial charge in [-0.15, -0.1) is 0 Å². The highest BCUT2D eigenvalue weighted by molar-refractivity contribution is 5.58. The Bertz CT molecular complexity index is 483. The minimum absolute atomic E-state index is 0.163. The van der Waals surface area contributed by atoms with Crippen LogP contribution in [0, 0.1) is 5.92 Å². The van der Waals surface area contributed by atoms with Crippen LogP contribution in [0.3, 0.4) is 0 Å². The predicted octanol–water partition coefficient (Wildman–Crippen LogP) is 4.20. The maximum absolute atomic E-state index is 3.71. The summed E-state index contributed by atoms with van der Waals surface area (Å²) in [6, 6.07) is 9.50. The van der Waals surface area contributed by atoms with Crippen LogP contribution in [0.2, 0.25) is 0 Å². The Labute approximate surface area is 130 Å². The van der Waals surface area contributed by atoms with Crippen molar-refractivity contribution in [3.63, 3.8) is 0 Å². The second-order valence-corrected chi connectivity index (χ2v) is 8.47. The predicted molar refractivity (Wildman–Crippen MR) is 93.2 cm³/mol. The van der Waals surface area contributed by atoms with Crippen LogP contribution in [0.5, 0.6) is 0 Å². The third kappa shape index (κ3) is 3.60. The first-order valence-corrected chi connectivity index (χ1v) is 8.23. The number of rotatable bonds is 2. The van der Waals surface area contributed by atoms with Crippen molar-refractivity contribution in [2.45, 2.75) is 65.5 Å². The molecule has 1 aliphatic heterocycles. The number of hydrogen-bond donors (Lipinski definition) is 1. The van der Waals surface area contributed by atoms with Gasteiger partial charge in [0.1, 0.15) is 0 Å². The minimum atomic E-state index is 0.163. The molecule has 0 bridgehead atoms. The largest absolute Gasteiger partial charge is 0.365 e. The van der Waals surface area contributed by atoms with Gasteiger partial charge in [-0.2, -0.15) is 0 Å². The molecule has 1 fully saturated rings. The van der Waals surface area contributed by atoms with Crippen LogP contribution in [0.1, 0.15) is 54.0 Å². The summed E-state index contributed by atoms with van der Waals surface area (Å²) in [6.45, 7) is 18.3. The first-order valence-electron chi connectivity index (χ1n) is 8.23. The summed E-state index contributed by atoms with van der Waals surface area (Å²) in [7, 11) is 0. The Balaban J connectivity index is 2.46. The van der Waals surface area contributed by atoms with E-state index in [9.17, 15) is 0 Å². The van der Waals surface area contributed by atoms with Gasteiger partial charge < -0.3 is 10.2 Å². The lowest BCUT2D eigenvalue weighted by atomic mass is 9.83. The van der Waals surface area contributed by atoms with E-state index in [1.54, 1.807) is 0 Å². The number of anilines is 1. The van der Waals surface area contributed by atoms with Gasteiger partial charge in [0.15, 0.2) is 0 Å². The van der Waals surface area contributed by atoms with Gasteiger partial charge >= 0.3 is 0 Å². The zero-order valence-electron chi connectivity index (χ0n) is 14.8. The van der Waals surface area contributed by atoms with E-state index in [-0.39, 0.29) is 11.0 Å². The molecule has 0 saturated carbocycles. The third-order valence-corrected chi connectivity index (χ3v) is 4.55. The number of nitrogens with one attached hydrogen (secondary N) is 1. The number of nitrogens with zero attached hydrogens (tertiary/aromatic N) is 1. The van der Waals surface area contributed by atoms with Crippen LogP contribution >= 0.6 is 0 Å². The molecule has 21 heavy (non-hydrogen) atoms. The number of para-hydroxylation sites is 1. The second-order valence-electron chi connectivity index (χ2n) is 8.47. The van der Waals surface area contributed by atoms with Crippen molar-refractivity contribution in [3.05, 3.63) is 29.8 Å². The molecule has 1 aromatic carbocycles. The van der Waals surface area contributed by atoms with E-state index in [1.807, 2.05) is 0 Å². The van der Waals surface area contributed by atoms with E-state index in [1.165, 1.54) is 11.3 Å². The number of benzene rings is 1. The van der Waals surface area contributed by atoms with Gasteiger partial charge in [-0.05, 0) is 36.8 Å². The molecule has 1 atom stereocenters. The minimum Gasteiger partial charge on any atom is -0.365 e. The maximum Gasteiger partial charge on any atom is 0.0438 e. The summed E-state index contributed by atoms with van der Waals surface area (Å²) < 4.78 is 0. The SMILES string of the molecule is CC(C)C1CNC(C)(C)CN1c1ccccc1C(C)(C)C. The molecule has 1 aromatic rings. The summed E-state index contributed by atoms with van der Waals surface area (Å²) in [6.07, 6.45) is 0. The van der Waals surface area contributed by atoms with Crippen LogP contribution in [0.4, 0.5) is 5.69 Å². The molecule has 0 amide bonds. The highest BCUT2D eigenvalue weighted by atomic mass is 15.3. The Hall–Kier alpha value is -1.02. The van der Waals surface area contributed by atoms with Gasteiger partial charge in [0, 0.05) is 30.4 Å². The molecule has 2 rings (SSSR count). The highest BCUT2D eigenvalue weighted by Crippen LogP contribution is 2.35. The normalized spacial score (nSPS) is 22.7. The van der Waals surface area contributed by atoms with E-state index in [2.05, 4.69) is 82.9 Å². The summed E-state index contributed by atoms with van der Waals surface area (Å²) in [5.41, 5.74) is 3.20. The summed E-state index contributed by atoms with van der Waals surface area (Å²) >= 11 is 0. The van der Waals surface area contributed by atoms with Gasteiger partial charge in [0.05, 0.1) is 0 Å². The molecule has 1 unspecified atom stereocenters. The highest BCUT2D eigenvalue weighted by Gasteiger charge is 2.35. The lowest BCUT2D eigenvalue weighted by Crippen LogP contribution is -2.63. The third-order valence-electron chi connectivity index (χ3n) is 4.55. The molecule has 1 aliphatic rings. The zero-order valence-corrected chi connectivity index (χ0v) is 14.8. The summed E-state index contributed by atoms with van der Waals surface area (Å²) in [5.74, 6) is 0.640. The van der Waals surface area contributed by atoms with Crippen molar-refractivity contribution in [2.75, 3.05) is 18.0 Å². The average molecular weight is 288 g/mol. The first kappa shape index (κ1) is 16.4. The first-order chi connectivity index (χ1) is 9.62. The molecule has 0 aliphatic carbocycles. The molecule has 0 radical (unpaired) electrons. The summed E-state index contributed by atoms with van der Waals surface area (Å²) in [4.78, 5) is 2.64. The fourth-order valence-corrected chi connectivity index (χ4v) is 3.31. The molecule has 0 aromatic heterocycles. The van der Waals surface area contributed by atoms with Gasteiger partial charge in [-0.3, -0.25) is 0 Å². The fourth-order valence-electron chi connectivity index (χ4n) is 3.31. The topological polar surface area (TPSA) is 15.3 Å². The van der Waals surface area contributed by atoms with Crippen LogP contribution in [-0.2, 0) is 5.41 Å². The lowest BCUT2D eigenvalue weighted by molar-refractivity contribution is 0.276. The molecular weight excluding hydrogens is 256 g/mol. The smallest absolute Gasteiger partial charge is 0.0438 e. The molecular formula is C19H32N2. The number of piperazine rings is 1. The van der Waals surface area contributed by atoms with Crippen LogP contribution < -0.4 is 10.2 Å². The van der Waals surface area contributed by atoms with Gasteiger partial charge in [0.2, 0.25) is 0 Å². The van der Waals surface area contributed by atoms with Crippen molar-refractivity contribution in [3.8, 4) is 0 Å². The molecule has 2 heteroatoms. The van der Waals surface area contributed by atoms with E-state index in [0.717, 1.165) is 13.1 Å². The Morgan fingerprint density at radius 1 is 1.19 bits per heavy atom. The van der Waals surface area contributed by atoms with E-state index < -0.39 is 0 Å². The van der Waals surface area contributed by atoms with Gasteiger partial charge in [-0.25, -0.2) is 0 Å². The molecule has 1 saturated heterocycles. The molecule has 0 spiro atoms. The van der Waals surface area contributed by atoms with Crippen molar-refractivity contribution in [1.82, 2.24) is 5.32 Å². The van der Waals surface area contributed by atoms with Gasteiger partial charge in [-0.1, -0.05) is 52.8 Å². The molecule has 2 nitrogen and oxygen atoms in total. The molecule has 1 N–H and O–H groups in total. The second kappa shape index (κ2) is 5.64. The molecule has 118 valence electrons. The van der Waals surface area contributed by atoms with Crippen LogP contribution in [0.25, 0.3) is 0 Å². The van der Waals surface area contributed by atoms with Crippen LogP contribution in [0.15, 0.2) is 24.3 Å². The van der Waals surface area contributed by atoms with Crippen molar-refractivity contribution < 1.29 is 0 Å². The number of hydrogen-bond acceptors (Lipinski definition) is 2. The van der Waals surface area contributed by atoms with E-state index in [0.29, 0.717) is 12.0 Å². The Morgan fingerprint density at radius 2 is 1.81 bits per heavy atom. The standard InChI is InChI=1S/C19H32N2/c1-14(2)17-12-20-19(6,7)13-21(17)16-11-9-8-10-15(16)18(3,4)5/h8-11,14,17,20H,12-13H2,1-7H3. The molecule has 1 heterocycles. The summed E-state index contributed by atoms with van der Waals surface area (Å²) in [5, 5.41) is 3.71. The van der Waals surface area contributed by atoms with Crippen molar-refractivity contribution >= 4 is 5.69 Å². The maximum atomic E-state index is 3.71. The lowest BCUT2D eigenvalue weighted by Gasteiger charge is -2.48. The van der Waals surface area contributed by atoms with Crippen molar-refractivity contribution in [1.29, 1.82) is 0 Å².